The molecule has 2 rings (SSSR count). The Hall–Kier alpha value is -1.88. The molecule has 1 aromatic heterocycles. The van der Waals surface area contributed by atoms with Crippen molar-refractivity contribution in [1.29, 1.82) is 0 Å². The van der Waals surface area contributed by atoms with Gasteiger partial charge in [-0.05, 0) is 0 Å². The van der Waals surface area contributed by atoms with Gasteiger partial charge in [0.1, 0.15) is 0 Å². The van der Waals surface area contributed by atoms with Gasteiger partial charge in [0.05, 0.1) is 0 Å². The third-order valence-corrected chi connectivity index (χ3v) is 3.00. The lowest BCUT2D eigenvalue weighted by Gasteiger charge is -2.19. The van der Waals surface area contributed by atoms with Crippen LogP contribution in [0.3, 0.4) is 0 Å². The molecule has 0 spiro atoms. The summed E-state index contributed by atoms with van der Waals surface area (Å²) < 4.78 is 0. The minimum absolute atomic E-state index is 0.0731. The third kappa shape index (κ3) is 2.36. The van der Waals surface area contributed by atoms with Crippen molar-refractivity contribution in [2.24, 2.45) is 0 Å². The van der Waals surface area contributed by atoms with E-state index in [-0.39, 0.29) is 5.91 Å². The van der Waals surface area contributed by atoms with Gasteiger partial charge >= 0.3 is 0 Å². The molecule has 0 atom stereocenters. The number of amides is 1. The van der Waals surface area contributed by atoms with Crippen LogP contribution in [0.5, 0.6) is 0 Å². The van der Waals surface area contributed by atoms with Gasteiger partial charge < -0.3 is 10.2 Å². The molecule has 0 aromatic carbocycles. The molecule has 5 heteroatoms. The third-order valence-electron chi connectivity index (χ3n) is 3.00. The first-order valence-electron chi connectivity index (χ1n) is 6.05. The molecule has 0 radical (unpaired) electrons. The van der Waals surface area contributed by atoms with Crippen LogP contribution in [0.2, 0.25) is 0 Å². The lowest BCUT2D eigenvalue weighted by Crippen LogP contribution is -2.33. The molecule has 96 valence electrons. The van der Waals surface area contributed by atoms with E-state index in [4.69, 9.17) is 0 Å². The summed E-state index contributed by atoms with van der Waals surface area (Å²) in [4.78, 5) is 14.0. The first kappa shape index (κ1) is 12.6. The highest BCUT2D eigenvalue weighted by molar-refractivity contribution is 5.94. The monoisotopic (exact) mass is 246 g/mol. The van der Waals surface area contributed by atoms with Crippen LogP contribution < -0.4 is 5.32 Å². The maximum atomic E-state index is 12.4. The van der Waals surface area contributed by atoms with Crippen LogP contribution in [-0.2, 0) is 13.0 Å². The van der Waals surface area contributed by atoms with Crippen molar-refractivity contribution < 1.29 is 4.79 Å². The summed E-state index contributed by atoms with van der Waals surface area (Å²) in [7, 11) is 0. The number of nitrogens with zero attached hydrogens (tertiary/aromatic N) is 2. The van der Waals surface area contributed by atoms with E-state index in [9.17, 15) is 4.79 Å². The summed E-state index contributed by atoms with van der Waals surface area (Å²) in [6, 6.07) is 0. The molecule has 1 aliphatic heterocycles. The van der Waals surface area contributed by atoms with E-state index in [1.165, 1.54) is 0 Å². The molecule has 0 saturated carbocycles. The van der Waals surface area contributed by atoms with E-state index in [1.807, 2.05) is 0 Å². The number of hydrogen-bond donors (Lipinski definition) is 2. The number of carbonyl (C=O) groups is 1. The Kier molecular flexibility index (Phi) is 3.94. The van der Waals surface area contributed by atoms with E-state index in [2.05, 4.69) is 28.7 Å². The van der Waals surface area contributed by atoms with Crippen LogP contribution >= 0.6 is 0 Å². The molecular weight excluding hydrogens is 228 g/mol. The predicted octanol–water partition coefficient (Wildman–Crippen LogP) is 0.870. The molecule has 2 heterocycles. The second kappa shape index (κ2) is 5.64. The molecule has 1 aliphatic rings. The largest absolute Gasteiger partial charge is 0.330 e. The molecule has 1 amide bonds. The number of nitrogens with one attached hydrogen (secondary N) is 2. The van der Waals surface area contributed by atoms with Gasteiger partial charge in [0.25, 0.3) is 5.91 Å². The summed E-state index contributed by atoms with van der Waals surface area (Å²) in [6.45, 7) is 9.95. The zero-order valence-electron chi connectivity index (χ0n) is 10.4. The molecule has 0 aliphatic carbocycles. The van der Waals surface area contributed by atoms with Gasteiger partial charge in [0.15, 0.2) is 5.69 Å². The highest BCUT2D eigenvalue weighted by Gasteiger charge is 2.24. The molecule has 18 heavy (non-hydrogen) atoms. The number of aromatic amines is 1. The Morgan fingerprint density at radius 3 is 2.78 bits per heavy atom. The Bertz CT molecular complexity index is 454. The highest BCUT2D eigenvalue weighted by Crippen LogP contribution is 2.17. The molecule has 5 nitrogen and oxygen atoms in total. The summed E-state index contributed by atoms with van der Waals surface area (Å²) in [6.07, 6.45) is 4.30. The van der Waals surface area contributed by atoms with Crippen LogP contribution in [0.4, 0.5) is 0 Å². The van der Waals surface area contributed by atoms with Crippen LogP contribution in [0, 0.1) is 0 Å². The number of carbonyl (C=O) groups excluding carboxylic acids is 1. The van der Waals surface area contributed by atoms with Crippen LogP contribution in [0.25, 0.3) is 0 Å². The number of hydrogen-bond acceptors (Lipinski definition) is 3. The molecule has 1 aromatic rings. The van der Waals surface area contributed by atoms with Gasteiger partial charge in [-0.3, -0.25) is 9.89 Å². The average molecular weight is 246 g/mol. The maximum Gasteiger partial charge on any atom is 0.275 e. The van der Waals surface area contributed by atoms with Gasteiger partial charge in [-0.15, -0.1) is 13.2 Å². The number of aromatic nitrogens is 2. The first-order chi connectivity index (χ1) is 8.77. The van der Waals surface area contributed by atoms with Crippen molar-refractivity contribution in [1.82, 2.24) is 20.4 Å². The molecule has 0 bridgehead atoms. The van der Waals surface area contributed by atoms with Gasteiger partial charge in [0, 0.05) is 43.9 Å². The predicted molar refractivity (Wildman–Crippen MR) is 70.3 cm³/mol. The lowest BCUT2D eigenvalue weighted by atomic mass is 10.1. The number of rotatable bonds is 5. The molecular formula is C13H18N4O. The normalized spacial score (nSPS) is 13.8. The number of H-pyrrole nitrogens is 1. The number of fused-ring (bicyclic) bond motifs is 1. The van der Waals surface area contributed by atoms with E-state index in [1.54, 1.807) is 17.1 Å². The minimum Gasteiger partial charge on any atom is -0.330 e. The quantitative estimate of drug-likeness (QED) is 0.758. The van der Waals surface area contributed by atoms with E-state index in [0.29, 0.717) is 25.3 Å². The second-order valence-corrected chi connectivity index (χ2v) is 4.24. The molecule has 0 unspecified atom stereocenters. The van der Waals surface area contributed by atoms with E-state index < -0.39 is 0 Å². The fourth-order valence-corrected chi connectivity index (χ4v) is 2.10. The zero-order chi connectivity index (χ0) is 13.0. The maximum absolute atomic E-state index is 12.4. The first-order valence-corrected chi connectivity index (χ1v) is 6.05. The van der Waals surface area contributed by atoms with E-state index >= 15 is 0 Å². The van der Waals surface area contributed by atoms with Crippen LogP contribution in [0.15, 0.2) is 25.3 Å². The van der Waals surface area contributed by atoms with Gasteiger partial charge in [-0.2, -0.15) is 5.10 Å². The fraction of sp³-hybridized carbons (Fsp3) is 0.385. The topological polar surface area (TPSA) is 61.0 Å². The standard InChI is InChI=1S/C13H18N4O/c1-3-7-17(8-4-2)13(18)12-10-9-14-6-5-11(10)15-16-12/h3-4,14H,1-2,5-9H2,(H,15,16). The summed E-state index contributed by atoms with van der Waals surface area (Å²) >= 11 is 0. The lowest BCUT2D eigenvalue weighted by molar-refractivity contribution is 0.0783. The van der Waals surface area contributed by atoms with Gasteiger partial charge in [-0.25, -0.2) is 0 Å². The Balaban J connectivity index is 2.23. The van der Waals surface area contributed by atoms with Crippen LogP contribution in [0.1, 0.15) is 21.7 Å². The van der Waals surface area contributed by atoms with Crippen molar-refractivity contribution in [2.75, 3.05) is 19.6 Å². The van der Waals surface area contributed by atoms with Gasteiger partial charge in [0.2, 0.25) is 0 Å². The Morgan fingerprint density at radius 2 is 2.11 bits per heavy atom. The summed E-state index contributed by atoms with van der Waals surface area (Å²) in [5.74, 6) is -0.0731. The average Bonchev–Trinajstić information content (AvgIpc) is 2.81. The van der Waals surface area contributed by atoms with Gasteiger partial charge in [-0.1, -0.05) is 12.2 Å². The highest BCUT2D eigenvalue weighted by atomic mass is 16.2. The van der Waals surface area contributed by atoms with Crippen molar-refractivity contribution in [3.05, 3.63) is 42.3 Å². The minimum atomic E-state index is -0.0731. The second-order valence-electron chi connectivity index (χ2n) is 4.24. The summed E-state index contributed by atoms with van der Waals surface area (Å²) in [5.41, 5.74) is 2.57. The SMILES string of the molecule is C=CCN(CC=C)C(=O)c1n[nH]c2c1CNCC2. The molecule has 2 N–H and O–H groups in total. The zero-order valence-corrected chi connectivity index (χ0v) is 10.4. The van der Waals surface area contributed by atoms with Crippen LogP contribution in [-0.4, -0.2) is 40.6 Å². The fourth-order valence-electron chi connectivity index (χ4n) is 2.10. The molecule has 0 saturated heterocycles. The van der Waals surface area contributed by atoms with Crippen molar-refractivity contribution in [3.63, 3.8) is 0 Å². The molecule has 0 fully saturated rings. The van der Waals surface area contributed by atoms with Crippen molar-refractivity contribution in [2.45, 2.75) is 13.0 Å². The Morgan fingerprint density at radius 1 is 1.39 bits per heavy atom. The smallest absolute Gasteiger partial charge is 0.275 e. The Labute approximate surface area is 107 Å². The van der Waals surface area contributed by atoms with E-state index in [0.717, 1.165) is 24.2 Å². The summed E-state index contributed by atoms with van der Waals surface area (Å²) in [5, 5.41) is 10.4. The van der Waals surface area contributed by atoms with Crippen molar-refractivity contribution in [3.8, 4) is 0 Å². The van der Waals surface area contributed by atoms with Crippen molar-refractivity contribution >= 4 is 5.91 Å².